The van der Waals surface area contributed by atoms with Crippen molar-refractivity contribution in [2.45, 2.75) is 0 Å². The molecule has 0 atom stereocenters. The summed E-state index contributed by atoms with van der Waals surface area (Å²) in [4.78, 5) is 0. The first-order chi connectivity index (χ1) is 10.6. The summed E-state index contributed by atoms with van der Waals surface area (Å²) < 4.78 is 25.9. The van der Waals surface area contributed by atoms with Gasteiger partial charge in [-0.15, -0.1) is 0 Å². The average molecular weight is 298 g/mol. The lowest BCUT2D eigenvalue weighted by Crippen LogP contribution is -2.07. The van der Waals surface area contributed by atoms with Crippen LogP contribution in [-0.4, -0.2) is 0 Å². The maximum absolute atomic E-state index is 12.9. The lowest BCUT2D eigenvalue weighted by molar-refractivity contribution is 0.627. The van der Waals surface area contributed by atoms with Crippen LogP contribution >= 0.6 is 0 Å². The molecule has 0 bridgehead atoms. The second kappa shape index (κ2) is 7.22. The van der Waals surface area contributed by atoms with E-state index in [0.717, 1.165) is 11.4 Å². The quantitative estimate of drug-likeness (QED) is 0.727. The second-order valence-corrected chi connectivity index (χ2v) is 4.50. The van der Waals surface area contributed by atoms with E-state index >= 15 is 0 Å². The number of anilines is 2. The minimum absolute atomic E-state index is 0.303. The summed E-state index contributed by atoms with van der Waals surface area (Å²) in [6, 6.07) is 12.0. The van der Waals surface area contributed by atoms with Gasteiger partial charge in [-0.05, 0) is 60.7 Å². The molecule has 0 aromatic heterocycles. The van der Waals surface area contributed by atoms with Crippen molar-refractivity contribution in [2.24, 2.45) is 0 Å². The van der Waals surface area contributed by atoms with Gasteiger partial charge >= 0.3 is 0 Å². The van der Waals surface area contributed by atoms with Gasteiger partial charge in [-0.1, -0.05) is 13.2 Å². The van der Waals surface area contributed by atoms with Crippen LogP contribution in [0.4, 0.5) is 20.2 Å². The highest BCUT2D eigenvalue weighted by atomic mass is 19.1. The number of hydrogen-bond donors (Lipinski definition) is 2. The third kappa shape index (κ3) is 4.06. The molecule has 2 N–H and O–H groups in total. The zero-order valence-corrected chi connectivity index (χ0v) is 11.9. The van der Waals surface area contributed by atoms with Crippen molar-refractivity contribution in [3.05, 3.63) is 96.9 Å². The maximum atomic E-state index is 12.9. The standard InChI is InChI=1S/C18H16F2N2/c1-3-17(21-15-9-5-13(19)6-10-15)18(4-2)22-16-11-7-14(20)8-12-16/h3-12,21-22H,1-2H2/b18-17-. The third-order valence-corrected chi connectivity index (χ3v) is 2.94. The van der Waals surface area contributed by atoms with Crippen LogP contribution in [0.5, 0.6) is 0 Å². The highest BCUT2D eigenvalue weighted by molar-refractivity contribution is 5.58. The highest BCUT2D eigenvalue weighted by Crippen LogP contribution is 2.18. The zero-order valence-electron chi connectivity index (χ0n) is 11.9. The van der Waals surface area contributed by atoms with E-state index in [2.05, 4.69) is 23.8 Å². The number of nitrogens with one attached hydrogen (secondary N) is 2. The van der Waals surface area contributed by atoms with Gasteiger partial charge in [0.05, 0.1) is 11.4 Å². The molecule has 0 spiro atoms. The fourth-order valence-corrected chi connectivity index (χ4v) is 1.83. The van der Waals surface area contributed by atoms with E-state index in [1.807, 2.05) is 0 Å². The van der Waals surface area contributed by atoms with E-state index in [4.69, 9.17) is 0 Å². The zero-order chi connectivity index (χ0) is 15.9. The lowest BCUT2D eigenvalue weighted by Gasteiger charge is -2.14. The summed E-state index contributed by atoms with van der Waals surface area (Å²) >= 11 is 0. The molecule has 2 rings (SSSR count). The van der Waals surface area contributed by atoms with Crippen molar-refractivity contribution < 1.29 is 8.78 Å². The van der Waals surface area contributed by atoms with Crippen LogP contribution in [0.1, 0.15) is 0 Å². The Morgan fingerprint density at radius 3 is 1.27 bits per heavy atom. The molecule has 4 heteroatoms. The first kappa shape index (κ1) is 15.5. The van der Waals surface area contributed by atoms with Gasteiger partial charge < -0.3 is 10.6 Å². The predicted molar refractivity (Wildman–Crippen MR) is 87.5 cm³/mol. The molecule has 0 heterocycles. The average Bonchev–Trinajstić information content (AvgIpc) is 2.54. The third-order valence-electron chi connectivity index (χ3n) is 2.94. The van der Waals surface area contributed by atoms with E-state index in [0.29, 0.717) is 11.4 Å². The Balaban J connectivity index is 2.24. The molecule has 0 amide bonds. The normalized spacial score (nSPS) is 11.4. The number of halogens is 2. The van der Waals surface area contributed by atoms with E-state index < -0.39 is 0 Å². The van der Waals surface area contributed by atoms with E-state index in [1.165, 1.54) is 24.3 Å². The van der Waals surface area contributed by atoms with Crippen molar-refractivity contribution in [1.29, 1.82) is 0 Å². The molecule has 2 aromatic carbocycles. The van der Waals surface area contributed by atoms with Crippen molar-refractivity contribution in [3.63, 3.8) is 0 Å². The van der Waals surface area contributed by atoms with E-state index in [-0.39, 0.29) is 11.6 Å². The summed E-state index contributed by atoms with van der Waals surface area (Å²) in [6.45, 7) is 7.51. The Labute approximate surface area is 128 Å². The van der Waals surface area contributed by atoms with Crippen LogP contribution in [-0.2, 0) is 0 Å². The molecule has 2 nitrogen and oxygen atoms in total. The molecule has 2 aromatic rings. The molecule has 0 aliphatic heterocycles. The molecule has 0 aliphatic rings. The fraction of sp³-hybridized carbons (Fsp3) is 0. The summed E-state index contributed by atoms with van der Waals surface area (Å²) in [5.41, 5.74) is 2.78. The van der Waals surface area contributed by atoms with Crippen LogP contribution < -0.4 is 10.6 Å². The molecule has 0 aliphatic carbocycles. The molecule has 22 heavy (non-hydrogen) atoms. The Morgan fingerprint density at radius 1 is 0.682 bits per heavy atom. The van der Waals surface area contributed by atoms with E-state index in [9.17, 15) is 8.78 Å². The van der Waals surface area contributed by atoms with Gasteiger partial charge in [0.1, 0.15) is 11.6 Å². The van der Waals surface area contributed by atoms with Gasteiger partial charge in [-0.3, -0.25) is 0 Å². The van der Waals surface area contributed by atoms with Crippen molar-refractivity contribution in [2.75, 3.05) is 10.6 Å². The smallest absolute Gasteiger partial charge is 0.123 e. The summed E-state index contributed by atoms with van der Waals surface area (Å²) in [5, 5.41) is 6.25. The summed E-state index contributed by atoms with van der Waals surface area (Å²) in [7, 11) is 0. The topological polar surface area (TPSA) is 24.1 Å². The highest BCUT2D eigenvalue weighted by Gasteiger charge is 2.03. The molecule has 0 radical (unpaired) electrons. The summed E-state index contributed by atoms with van der Waals surface area (Å²) in [6.07, 6.45) is 3.24. The van der Waals surface area contributed by atoms with Gasteiger partial charge in [0.15, 0.2) is 0 Å². The fourth-order valence-electron chi connectivity index (χ4n) is 1.83. The van der Waals surface area contributed by atoms with Gasteiger partial charge in [0.2, 0.25) is 0 Å². The van der Waals surface area contributed by atoms with Crippen LogP contribution in [0.2, 0.25) is 0 Å². The molecule has 112 valence electrons. The number of rotatable bonds is 6. The van der Waals surface area contributed by atoms with Crippen LogP contribution in [0, 0.1) is 11.6 Å². The van der Waals surface area contributed by atoms with Gasteiger partial charge in [0.25, 0.3) is 0 Å². The molecule has 0 saturated carbocycles. The minimum Gasteiger partial charge on any atom is -0.354 e. The first-order valence-corrected chi connectivity index (χ1v) is 6.66. The Hall–Kier alpha value is -2.88. The Bertz CT molecular complexity index is 625. The van der Waals surface area contributed by atoms with Crippen LogP contribution in [0.15, 0.2) is 85.2 Å². The van der Waals surface area contributed by atoms with Crippen LogP contribution in [0.25, 0.3) is 0 Å². The maximum Gasteiger partial charge on any atom is 0.123 e. The largest absolute Gasteiger partial charge is 0.354 e. The lowest BCUT2D eigenvalue weighted by atomic mass is 10.2. The molecular formula is C18H16F2N2. The number of allylic oxidation sites excluding steroid dienone is 2. The first-order valence-electron chi connectivity index (χ1n) is 6.66. The predicted octanol–water partition coefficient (Wildman–Crippen LogP) is 5.07. The van der Waals surface area contributed by atoms with Crippen molar-refractivity contribution in [1.82, 2.24) is 0 Å². The molecule has 0 fully saturated rings. The molecular weight excluding hydrogens is 282 g/mol. The molecule has 0 unspecified atom stereocenters. The van der Waals surface area contributed by atoms with Crippen LogP contribution in [0.3, 0.4) is 0 Å². The Morgan fingerprint density at radius 2 is 1.00 bits per heavy atom. The van der Waals surface area contributed by atoms with Gasteiger partial charge in [0, 0.05) is 11.4 Å². The molecule has 0 saturated heterocycles. The number of hydrogen-bond acceptors (Lipinski definition) is 2. The van der Waals surface area contributed by atoms with Crippen molar-refractivity contribution in [3.8, 4) is 0 Å². The number of benzene rings is 2. The summed E-state index contributed by atoms with van der Waals surface area (Å²) in [5.74, 6) is -0.605. The van der Waals surface area contributed by atoms with E-state index in [1.54, 1.807) is 36.4 Å². The van der Waals surface area contributed by atoms with Crippen molar-refractivity contribution >= 4 is 11.4 Å². The SMILES string of the molecule is C=C/C(Nc1ccc(F)cc1)=C(\C=C)Nc1ccc(F)cc1. The second-order valence-electron chi connectivity index (χ2n) is 4.50. The van der Waals surface area contributed by atoms with Gasteiger partial charge in [-0.2, -0.15) is 0 Å². The van der Waals surface area contributed by atoms with Gasteiger partial charge in [-0.25, -0.2) is 8.78 Å². The Kier molecular flexibility index (Phi) is 5.09. The minimum atomic E-state index is -0.303. The monoisotopic (exact) mass is 298 g/mol.